The summed E-state index contributed by atoms with van der Waals surface area (Å²) in [4.78, 5) is 17.9. The van der Waals surface area contributed by atoms with Crippen molar-refractivity contribution in [2.75, 3.05) is 0 Å². The minimum atomic E-state index is -0.991. The van der Waals surface area contributed by atoms with E-state index in [4.69, 9.17) is 4.74 Å². The van der Waals surface area contributed by atoms with Gasteiger partial charge in [0, 0.05) is 6.07 Å². The Labute approximate surface area is 154 Å². The van der Waals surface area contributed by atoms with Gasteiger partial charge in [-0.05, 0) is 37.6 Å². The number of nitriles is 1. The molecule has 8 heteroatoms. The molecule has 0 amide bonds. The highest BCUT2D eigenvalue weighted by atomic mass is 16.6. The molecule has 0 aliphatic heterocycles. The first-order chi connectivity index (χ1) is 12.9. The number of H-pyrrole nitrogens is 1. The van der Waals surface area contributed by atoms with Crippen molar-refractivity contribution in [3.05, 3.63) is 69.7 Å². The number of hydrogen-bond donors (Lipinski definition) is 2. The van der Waals surface area contributed by atoms with E-state index < -0.39 is 11.0 Å². The molecule has 2 N–H and O–H groups in total. The summed E-state index contributed by atoms with van der Waals surface area (Å²) in [5, 5.41) is 31.2. The second kappa shape index (κ2) is 7.17. The maximum absolute atomic E-state index is 11.2. The van der Waals surface area contributed by atoms with Gasteiger partial charge in [-0.25, -0.2) is 4.98 Å². The largest absolute Gasteiger partial charge is 0.507 e. The number of para-hydroxylation sites is 2. The Morgan fingerprint density at radius 2 is 2.11 bits per heavy atom. The molecule has 0 bridgehead atoms. The normalized spacial score (nSPS) is 12.9. The fourth-order valence-electron chi connectivity index (χ4n) is 2.62. The van der Waals surface area contributed by atoms with Gasteiger partial charge in [-0.2, -0.15) is 5.26 Å². The summed E-state index contributed by atoms with van der Waals surface area (Å²) in [6.45, 7) is 3.23. The number of benzene rings is 2. The van der Waals surface area contributed by atoms with Crippen LogP contribution in [0.2, 0.25) is 0 Å². The van der Waals surface area contributed by atoms with Crippen LogP contribution in [-0.2, 0) is 0 Å². The molecule has 2 aromatic carbocycles. The Bertz CT molecular complexity index is 1060. The molecule has 0 unspecified atom stereocenters. The van der Waals surface area contributed by atoms with Gasteiger partial charge in [0.25, 0.3) is 0 Å². The predicted molar refractivity (Wildman–Crippen MR) is 99.2 cm³/mol. The average molecular weight is 364 g/mol. The molecule has 0 saturated carbocycles. The Morgan fingerprint density at radius 1 is 1.37 bits per heavy atom. The molecule has 1 atom stereocenters. The summed E-state index contributed by atoms with van der Waals surface area (Å²) in [5.41, 5.74) is 1.78. The quantitative estimate of drug-likeness (QED) is 0.305. The minimum Gasteiger partial charge on any atom is -0.507 e. The van der Waals surface area contributed by atoms with Crippen molar-refractivity contribution >= 4 is 22.3 Å². The first-order valence-corrected chi connectivity index (χ1v) is 8.10. The number of aryl methyl sites for hydroxylation is 1. The second-order valence-corrected chi connectivity index (χ2v) is 5.96. The van der Waals surface area contributed by atoms with Crippen molar-refractivity contribution in [3.63, 3.8) is 0 Å². The summed E-state index contributed by atoms with van der Waals surface area (Å²) in [6.07, 6.45) is -0.991. The van der Waals surface area contributed by atoms with Gasteiger partial charge in [0.05, 0.1) is 16.0 Å². The number of nitro groups is 1. The molecule has 0 aliphatic rings. The number of ether oxygens (including phenoxy) is 1. The number of aliphatic hydroxyl groups is 1. The van der Waals surface area contributed by atoms with Gasteiger partial charge in [0.2, 0.25) is 0 Å². The lowest BCUT2D eigenvalue weighted by Crippen LogP contribution is -2.17. The highest BCUT2D eigenvalue weighted by molar-refractivity contribution is 5.82. The van der Waals surface area contributed by atoms with Gasteiger partial charge in [-0.3, -0.25) is 10.1 Å². The van der Waals surface area contributed by atoms with Crippen LogP contribution in [0.4, 0.5) is 5.69 Å². The highest BCUT2D eigenvalue weighted by Crippen LogP contribution is 2.30. The van der Waals surface area contributed by atoms with Crippen molar-refractivity contribution in [3.8, 4) is 11.8 Å². The molecule has 0 spiro atoms. The van der Waals surface area contributed by atoms with Gasteiger partial charge in [0.1, 0.15) is 11.6 Å². The average Bonchev–Trinajstić information content (AvgIpc) is 3.07. The third kappa shape index (κ3) is 3.57. The lowest BCUT2D eigenvalue weighted by atomic mass is 10.1. The Hall–Kier alpha value is -3.86. The molecule has 0 saturated heterocycles. The molecule has 0 aliphatic carbocycles. The number of hydrogen-bond acceptors (Lipinski definition) is 6. The maximum atomic E-state index is 11.2. The second-order valence-electron chi connectivity index (χ2n) is 5.96. The zero-order chi connectivity index (χ0) is 19.6. The summed E-state index contributed by atoms with van der Waals surface area (Å²) in [6, 6.07) is 13.6. The van der Waals surface area contributed by atoms with Crippen molar-refractivity contribution in [2.24, 2.45) is 0 Å². The van der Waals surface area contributed by atoms with E-state index in [1.807, 2.05) is 18.2 Å². The molecule has 1 aromatic heterocycles. The predicted octanol–water partition coefficient (Wildman–Crippen LogP) is 4.04. The number of aliphatic hydroxyl groups excluding tert-OH is 1. The zero-order valence-electron chi connectivity index (χ0n) is 14.6. The van der Waals surface area contributed by atoms with Crippen molar-refractivity contribution < 1.29 is 14.8 Å². The third-order valence-electron chi connectivity index (χ3n) is 3.99. The van der Waals surface area contributed by atoms with Gasteiger partial charge in [-0.1, -0.05) is 18.2 Å². The number of nitrogens with zero attached hydrogens (tertiary/aromatic N) is 3. The SMILES string of the molecule is Cc1ccc(O[C@H](C)/C(O)=C(\C#N)c2nc3ccccc3[nH]2)c([N+](=O)[O-])c1. The lowest BCUT2D eigenvalue weighted by molar-refractivity contribution is -0.386. The van der Waals surface area contributed by atoms with Crippen LogP contribution in [0.1, 0.15) is 18.3 Å². The number of fused-ring (bicyclic) bond motifs is 1. The van der Waals surface area contributed by atoms with Gasteiger partial charge >= 0.3 is 5.69 Å². The molecule has 3 aromatic rings. The maximum Gasteiger partial charge on any atom is 0.311 e. The van der Waals surface area contributed by atoms with Crippen molar-refractivity contribution in [1.29, 1.82) is 5.26 Å². The standard InChI is InChI=1S/C19H16N4O4/c1-11-7-8-17(16(9-11)23(25)26)27-12(2)18(24)13(10-20)19-21-14-5-3-4-6-15(14)22-19/h3-9,12,24H,1-2H3,(H,21,22)/b18-13-/t12-/m1/s1. The summed E-state index contributed by atoms with van der Waals surface area (Å²) in [7, 11) is 0. The fraction of sp³-hybridized carbons (Fsp3) is 0.158. The number of rotatable bonds is 5. The molecule has 0 radical (unpaired) electrons. The summed E-state index contributed by atoms with van der Waals surface area (Å²) >= 11 is 0. The van der Waals surface area contributed by atoms with Crippen molar-refractivity contribution in [2.45, 2.75) is 20.0 Å². The first kappa shape index (κ1) is 17.9. The zero-order valence-corrected chi connectivity index (χ0v) is 14.6. The van der Waals surface area contributed by atoms with E-state index in [9.17, 15) is 20.5 Å². The number of allylic oxidation sites excluding steroid dienone is 1. The summed E-state index contributed by atoms with van der Waals surface area (Å²) < 4.78 is 5.56. The molecule has 1 heterocycles. The van der Waals surface area contributed by atoms with Gasteiger partial charge in [-0.15, -0.1) is 0 Å². The smallest absolute Gasteiger partial charge is 0.311 e. The highest BCUT2D eigenvalue weighted by Gasteiger charge is 2.23. The Balaban J connectivity index is 1.96. The van der Waals surface area contributed by atoms with E-state index in [-0.39, 0.29) is 28.6 Å². The number of nitrogens with one attached hydrogen (secondary N) is 1. The van der Waals surface area contributed by atoms with Gasteiger partial charge < -0.3 is 14.8 Å². The summed E-state index contributed by atoms with van der Waals surface area (Å²) in [5.74, 6) is -0.164. The lowest BCUT2D eigenvalue weighted by Gasteiger charge is -2.15. The number of nitro benzene ring substituents is 1. The molecule has 0 fully saturated rings. The molecular formula is C19H16N4O4. The van der Waals surface area contributed by atoms with E-state index >= 15 is 0 Å². The van der Waals surface area contributed by atoms with Crippen LogP contribution in [0.3, 0.4) is 0 Å². The molecule has 3 rings (SSSR count). The minimum absolute atomic E-state index is 0.00606. The number of aromatic nitrogens is 2. The number of aromatic amines is 1. The van der Waals surface area contributed by atoms with Crippen LogP contribution in [0, 0.1) is 28.4 Å². The van der Waals surface area contributed by atoms with Gasteiger partial charge in [0.15, 0.2) is 23.4 Å². The van der Waals surface area contributed by atoms with Crippen LogP contribution < -0.4 is 4.74 Å². The topological polar surface area (TPSA) is 125 Å². The van der Waals surface area contributed by atoms with E-state index in [2.05, 4.69) is 9.97 Å². The van der Waals surface area contributed by atoms with E-state index in [0.717, 1.165) is 5.52 Å². The molecule has 27 heavy (non-hydrogen) atoms. The van der Waals surface area contributed by atoms with E-state index in [0.29, 0.717) is 11.1 Å². The molecule has 136 valence electrons. The monoisotopic (exact) mass is 364 g/mol. The third-order valence-corrected chi connectivity index (χ3v) is 3.99. The van der Waals surface area contributed by atoms with Crippen LogP contribution in [-0.4, -0.2) is 26.1 Å². The van der Waals surface area contributed by atoms with Crippen molar-refractivity contribution in [1.82, 2.24) is 9.97 Å². The first-order valence-electron chi connectivity index (χ1n) is 8.10. The Kier molecular flexibility index (Phi) is 4.77. The van der Waals surface area contributed by atoms with Crippen LogP contribution in [0.5, 0.6) is 5.75 Å². The fourth-order valence-corrected chi connectivity index (χ4v) is 2.62. The molecule has 8 nitrogen and oxygen atoms in total. The van der Waals surface area contributed by atoms with Crippen LogP contribution >= 0.6 is 0 Å². The van der Waals surface area contributed by atoms with E-state index in [1.54, 1.807) is 25.1 Å². The molecular weight excluding hydrogens is 348 g/mol. The van der Waals surface area contributed by atoms with Crippen LogP contribution in [0.25, 0.3) is 16.6 Å². The van der Waals surface area contributed by atoms with Crippen LogP contribution in [0.15, 0.2) is 48.2 Å². The Morgan fingerprint density at radius 3 is 2.78 bits per heavy atom. The van der Waals surface area contributed by atoms with E-state index in [1.165, 1.54) is 19.1 Å². The number of imidazole rings is 1.